The summed E-state index contributed by atoms with van der Waals surface area (Å²) < 4.78 is 10.1. The molecule has 2 rings (SSSR count). The summed E-state index contributed by atoms with van der Waals surface area (Å²) in [4.78, 5) is 24.5. The number of methoxy groups -OCH3 is 1. The number of carbonyl (C=O) groups excluding carboxylic acids is 2. The van der Waals surface area contributed by atoms with E-state index in [0.29, 0.717) is 24.2 Å². The number of hydrogen-bond acceptors (Lipinski definition) is 5. The quantitative estimate of drug-likeness (QED) is 0.651. The number of nitrogens with one attached hydrogen (secondary N) is 1. The third-order valence-electron chi connectivity index (χ3n) is 4.00. The van der Waals surface area contributed by atoms with Gasteiger partial charge in [-0.3, -0.25) is 4.79 Å². The fraction of sp³-hybridized carbons (Fsp3) is 0.600. The first-order valence-electron chi connectivity index (χ1n) is 7.30. The van der Waals surface area contributed by atoms with Gasteiger partial charge in [-0.25, -0.2) is 4.79 Å². The van der Waals surface area contributed by atoms with Crippen LogP contribution >= 0.6 is 0 Å². The molecule has 6 nitrogen and oxygen atoms in total. The van der Waals surface area contributed by atoms with Gasteiger partial charge in [-0.1, -0.05) is 25.7 Å². The van der Waals surface area contributed by atoms with Crippen LogP contribution in [0, 0.1) is 0 Å². The Balaban J connectivity index is 2.17. The second-order valence-electron chi connectivity index (χ2n) is 5.45. The zero-order valence-electron chi connectivity index (χ0n) is 12.3. The van der Waals surface area contributed by atoms with Crippen molar-refractivity contribution in [2.45, 2.75) is 50.6 Å². The van der Waals surface area contributed by atoms with E-state index < -0.39 is 5.54 Å². The van der Waals surface area contributed by atoms with E-state index >= 15 is 0 Å². The lowest BCUT2D eigenvalue weighted by molar-refractivity contribution is -0.148. The van der Waals surface area contributed by atoms with Gasteiger partial charge >= 0.3 is 5.97 Å². The van der Waals surface area contributed by atoms with E-state index in [-0.39, 0.29) is 18.4 Å². The highest BCUT2D eigenvalue weighted by atomic mass is 16.5. The zero-order valence-corrected chi connectivity index (χ0v) is 12.3. The first-order chi connectivity index (χ1) is 10.1. The van der Waals surface area contributed by atoms with Crippen LogP contribution in [0.1, 0.15) is 54.6 Å². The molecule has 0 unspecified atom stereocenters. The van der Waals surface area contributed by atoms with Gasteiger partial charge in [0.25, 0.3) is 5.91 Å². The van der Waals surface area contributed by atoms with Crippen molar-refractivity contribution in [3.8, 4) is 0 Å². The number of furan rings is 1. The van der Waals surface area contributed by atoms with Crippen molar-refractivity contribution >= 4 is 11.9 Å². The Morgan fingerprint density at radius 3 is 2.52 bits per heavy atom. The first-order valence-corrected chi connectivity index (χ1v) is 7.30. The minimum absolute atomic E-state index is 0.232. The van der Waals surface area contributed by atoms with Gasteiger partial charge in [0.2, 0.25) is 0 Å². The molecule has 1 heterocycles. The monoisotopic (exact) mass is 294 g/mol. The molecule has 1 fully saturated rings. The molecule has 0 aliphatic heterocycles. The van der Waals surface area contributed by atoms with Gasteiger partial charge in [-0.05, 0) is 18.9 Å². The summed E-state index contributed by atoms with van der Waals surface area (Å²) in [6, 6.07) is 1.59. The van der Waals surface area contributed by atoms with Crippen LogP contribution in [0.3, 0.4) is 0 Å². The summed E-state index contributed by atoms with van der Waals surface area (Å²) in [6.45, 7) is 0.232. The van der Waals surface area contributed by atoms with E-state index in [1.54, 1.807) is 6.07 Å². The third kappa shape index (κ3) is 3.44. The Hall–Kier alpha value is -1.82. The fourth-order valence-corrected chi connectivity index (χ4v) is 2.80. The Morgan fingerprint density at radius 2 is 2.00 bits per heavy atom. The van der Waals surface area contributed by atoms with Gasteiger partial charge in [0.05, 0.1) is 19.2 Å². The molecule has 0 radical (unpaired) electrons. The summed E-state index contributed by atoms with van der Waals surface area (Å²) in [5.74, 6) is -0.167. The van der Waals surface area contributed by atoms with E-state index in [9.17, 15) is 9.59 Å². The van der Waals surface area contributed by atoms with Crippen LogP contribution in [0.2, 0.25) is 0 Å². The summed E-state index contributed by atoms with van der Waals surface area (Å²) in [5, 5.41) is 2.86. The normalized spacial score (nSPS) is 17.8. The molecule has 3 N–H and O–H groups in total. The van der Waals surface area contributed by atoms with Crippen LogP contribution in [-0.4, -0.2) is 24.5 Å². The molecule has 1 aromatic heterocycles. The number of nitrogens with two attached hydrogens (primary N) is 1. The van der Waals surface area contributed by atoms with Gasteiger partial charge in [0.15, 0.2) is 0 Å². The zero-order chi connectivity index (χ0) is 15.3. The van der Waals surface area contributed by atoms with E-state index in [0.717, 1.165) is 25.7 Å². The van der Waals surface area contributed by atoms with Gasteiger partial charge in [0, 0.05) is 0 Å². The van der Waals surface area contributed by atoms with E-state index in [1.165, 1.54) is 13.4 Å². The van der Waals surface area contributed by atoms with Crippen molar-refractivity contribution < 1.29 is 18.7 Å². The highest BCUT2D eigenvalue weighted by Gasteiger charge is 2.41. The first kappa shape index (κ1) is 15.6. The van der Waals surface area contributed by atoms with Crippen LogP contribution in [0.15, 0.2) is 16.7 Å². The molecule has 116 valence electrons. The van der Waals surface area contributed by atoms with Gasteiger partial charge < -0.3 is 20.2 Å². The molecule has 1 aliphatic carbocycles. The van der Waals surface area contributed by atoms with Crippen molar-refractivity contribution in [3.05, 3.63) is 23.7 Å². The number of hydrogen-bond donors (Lipinski definition) is 2. The summed E-state index contributed by atoms with van der Waals surface area (Å²) in [7, 11) is 1.35. The molecular formula is C15H22N2O4. The summed E-state index contributed by atoms with van der Waals surface area (Å²) >= 11 is 0. The van der Waals surface area contributed by atoms with Crippen molar-refractivity contribution in [2.24, 2.45) is 5.73 Å². The summed E-state index contributed by atoms with van der Waals surface area (Å²) in [6.07, 6.45) is 6.50. The Bertz CT molecular complexity index is 502. The maximum atomic E-state index is 12.4. The lowest BCUT2D eigenvalue weighted by Gasteiger charge is -2.30. The number of carbonyl (C=O) groups is 2. The van der Waals surface area contributed by atoms with Crippen LogP contribution in [0.5, 0.6) is 0 Å². The SMILES string of the molecule is COC(=O)C1(NC(=O)c2coc(CN)c2)CCCCCC1. The Kier molecular flexibility index (Phi) is 5.01. The molecule has 1 aliphatic rings. The highest BCUT2D eigenvalue weighted by molar-refractivity contribution is 5.98. The molecule has 6 heteroatoms. The molecule has 1 amide bonds. The smallest absolute Gasteiger partial charge is 0.331 e. The van der Waals surface area contributed by atoms with Crippen molar-refractivity contribution in [1.82, 2.24) is 5.32 Å². The molecular weight excluding hydrogens is 272 g/mol. The Labute approximate surface area is 124 Å². The standard InChI is InChI=1S/C15H22N2O4/c1-20-14(19)15(6-4-2-3-5-7-15)17-13(18)11-8-12(9-16)21-10-11/h8,10H,2-7,9,16H2,1H3,(H,17,18). The molecule has 0 bridgehead atoms. The van der Waals surface area contributed by atoms with E-state index in [2.05, 4.69) is 5.32 Å². The predicted molar refractivity (Wildman–Crippen MR) is 76.5 cm³/mol. The molecule has 1 saturated carbocycles. The second kappa shape index (κ2) is 6.76. The van der Waals surface area contributed by atoms with Crippen LogP contribution in [-0.2, 0) is 16.1 Å². The van der Waals surface area contributed by atoms with Crippen LogP contribution in [0.25, 0.3) is 0 Å². The van der Waals surface area contributed by atoms with Gasteiger partial charge in [-0.15, -0.1) is 0 Å². The van der Waals surface area contributed by atoms with Gasteiger partial charge in [0.1, 0.15) is 17.6 Å². The predicted octanol–water partition coefficient (Wildman–Crippen LogP) is 1.73. The largest absolute Gasteiger partial charge is 0.467 e. The second-order valence-corrected chi connectivity index (χ2v) is 5.45. The van der Waals surface area contributed by atoms with Crippen molar-refractivity contribution in [1.29, 1.82) is 0 Å². The minimum atomic E-state index is -0.928. The fourth-order valence-electron chi connectivity index (χ4n) is 2.80. The maximum Gasteiger partial charge on any atom is 0.331 e. The average molecular weight is 294 g/mol. The van der Waals surface area contributed by atoms with E-state index in [1.807, 2.05) is 0 Å². The summed E-state index contributed by atoms with van der Waals surface area (Å²) in [5.41, 5.74) is 4.91. The van der Waals surface area contributed by atoms with Crippen LogP contribution < -0.4 is 11.1 Å². The lowest BCUT2D eigenvalue weighted by Crippen LogP contribution is -2.54. The lowest BCUT2D eigenvalue weighted by atomic mass is 9.89. The molecule has 0 saturated heterocycles. The van der Waals surface area contributed by atoms with Crippen molar-refractivity contribution in [3.63, 3.8) is 0 Å². The molecule has 0 spiro atoms. The Morgan fingerprint density at radius 1 is 1.33 bits per heavy atom. The maximum absolute atomic E-state index is 12.4. The van der Waals surface area contributed by atoms with E-state index in [4.69, 9.17) is 14.9 Å². The minimum Gasteiger partial charge on any atom is -0.467 e. The molecule has 21 heavy (non-hydrogen) atoms. The molecule has 0 aromatic carbocycles. The van der Waals surface area contributed by atoms with Crippen LogP contribution in [0.4, 0.5) is 0 Å². The highest BCUT2D eigenvalue weighted by Crippen LogP contribution is 2.29. The number of amides is 1. The topological polar surface area (TPSA) is 94.6 Å². The third-order valence-corrected chi connectivity index (χ3v) is 4.00. The number of rotatable bonds is 4. The van der Waals surface area contributed by atoms with Crippen molar-refractivity contribution in [2.75, 3.05) is 7.11 Å². The number of ether oxygens (including phenoxy) is 1. The molecule has 1 aromatic rings. The molecule has 0 atom stereocenters. The van der Waals surface area contributed by atoms with Gasteiger partial charge in [-0.2, -0.15) is 0 Å². The number of esters is 1. The average Bonchev–Trinajstić information content (AvgIpc) is 2.87.